The topological polar surface area (TPSA) is 164 Å². The lowest BCUT2D eigenvalue weighted by Gasteiger charge is -2.42. The van der Waals surface area contributed by atoms with Crippen LogP contribution in [0.1, 0.15) is 106 Å². The van der Waals surface area contributed by atoms with Gasteiger partial charge in [0.25, 0.3) is 5.91 Å². The van der Waals surface area contributed by atoms with Gasteiger partial charge >= 0.3 is 12.1 Å². The lowest BCUT2D eigenvalue weighted by molar-refractivity contribution is -0.149. The van der Waals surface area contributed by atoms with Crippen LogP contribution in [-0.4, -0.2) is 144 Å². The van der Waals surface area contributed by atoms with Crippen molar-refractivity contribution >= 4 is 35.7 Å². The average molecular weight is 842 g/mol. The zero-order chi connectivity index (χ0) is 44.7. The van der Waals surface area contributed by atoms with Crippen LogP contribution < -0.4 is 5.32 Å². The smallest absolute Gasteiger partial charge is 0.412 e. The van der Waals surface area contributed by atoms with E-state index >= 15 is 0 Å². The first-order valence-corrected chi connectivity index (χ1v) is 21.7. The van der Waals surface area contributed by atoms with Crippen molar-refractivity contribution < 1.29 is 47.7 Å². The zero-order valence-corrected chi connectivity index (χ0v) is 38.0. The van der Waals surface area contributed by atoms with Crippen molar-refractivity contribution in [3.05, 3.63) is 35.9 Å². The van der Waals surface area contributed by atoms with E-state index in [9.17, 15) is 28.8 Å². The van der Waals surface area contributed by atoms with Crippen molar-refractivity contribution in [1.82, 2.24) is 24.9 Å². The Morgan fingerprint density at radius 1 is 0.950 bits per heavy atom. The summed E-state index contributed by atoms with van der Waals surface area (Å²) in [6, 6.07) is 6.61. The first-order chi connectivity index (χ1) is 28.3. The van der Waals surface area contributed by atoms with E-state index in [0.717, 1.165) is 18.4 Å². The van der Waals surface area contributed by atoms with E-state index in [2.05, 4.69) is 5.32 Å². The van der Waals surface area contributed by atoms with Crippen LogP contribution in [-0.2, 0) is 49.3 Å². The fourth-order valence-corrected chi connectivity index (χ4v) is 9.32. The molecule has 9 atom stereocenters. The number of likely N-dealkylation sites (tertiary alicyclic amines) is 2. The second-order valence-corrected chi connectivity index (χ2v) is 18.1. The third-order valence-corrected chi connectivity index (χ3v) is 12.6. The Labute approximate surface area is 357 Å². The molecule has 3 saturated heterocycles. The monoisotopic (exact) mass is 842 g/mol. The number of ether oxygens (including phenoxy) is 4. The molecule has 0 bridgehead atoms. The molecule has 1 aromatic carbocycles. The normalized spacial score (nSPS) is 22.7. The van der Waals surface area contributed by atoms with Gasteiger partial charge in [-0.05, 0) is 70.3 Å². The first-order valence-electron chi connectivity index (χ1n) is 21.7. The van der Waals surface area contributed by atoms with Crippen LogP contribution in [0.15, 0.2) is 30.3 Å². The van der Waals surface area contributed by atoms with E-state index in [-0.39, 0.29) is 42.4 Å². The van der Waals surface area contributed by atoms with Gasteiger partial charge in [-0.15, -0.1) is 0 Å². The molecule has 1 N–H and O–H groups in total. The van der Waals surface area contributed by atoms with Gasteiger partial charge in [-0.1, -0.05) is 71.4 Å². The van der Waals surface area contributed by atoms with E-state index in [1.807, 2.05) is 58.0 Å². The van der Waals surface area contributed by atoms with Gasteiger partial charge in [-0.25, -0.2) is 9.59 Å². The summed E-state index contributed by atoms with van der Waals surface area (Å²) in [6.07, 6.45) is 2.12. The summed E-state index contributed by atoms with van der Waals surface area (Å²) in [7, 11) is 6.04. The number of hydrogen-bond acceptors (Lipinski definition) is 10. The molecule has 1 aromatic rings. The minimum Gasteiger partial charge on any atom is -0.467 e. The Kier molecular flexibility index (Phi) is 16.6. The zero-order valence-electron chi connectivity index (χ0n) is 38.0. The predicted molar refractivity (Wildman–Crippen MR) is 225 cm³/mol. The van der Waals surface area contributed by atoms with Crippen LogP contribution in [0.5, 0.6) is 0 Å². The van der Waals surface area contributed by atoms with E-state index in [0.29, 0.717) is 38.8 Å². The molecule has 5 amide bonds. The van der Waals surface area contributed by atoms with Crippen molar-refractivity contribution in [2.75, 3.05) is 41.5 Å². The lowest BCUT2D eigenvalue weighted by Crippen LogP contribution is -2.58. The molecular formula is C45H71N5O10. The summed E-state index contributed by atoms with van der Waals surface area (Å²) in [4.78, 5) is 89.5. The summed E-state index contributed by atoms with van der Waals surface area (Å²) >= 11 is 0. The second-order valence-electron chi connectivity index (χ2n) is 18.1. The molecule has 3 unspecified atom stereocenters. The lowest BCUT2D eigenvalue weighted by atomic mass is 9.89. The summed E-state index contributed by atoms with van der Waals surface area (Å²) < 4.78 is 22.8. The quantitative estimate of drug-likeness (QED) is 0.161. The third-order valence-electron chi connectivity index (χ3n) is 12.6. The SMILES string of the molecule is CC[C@H](C)[C@@H](C(CC(=O)N1CCC[C@H]1[C@H](OC)[C@@H](C)C(=O)NC(Cc1ccccc1)C(=O)OC)OC)N(C)C(=O)[C@H](C(C)C)N1C(=O)C12CCCCN2C(=O)OC(C)(C)C. The van der Waals surface area contributed by atoms with E-state index in [1.54, 1.807) is 49.4 Å². The molecule has 4 rings (SSSR count). The summed E-state index contributed by atoms with van der Waals surface area (Å²) in [6.45, 7) is 15.7. The molecular weight excluding hydrogens is 771 g/mol. The number of benzene rings is 1. The van der Waals surface area contributed by atoms with Gasteiger partial charge in [-0.2, -0.15) is 0 Å². The number of hydrogen-bond donors (Lipinski definition) is 1. The summed E-state index contributed by atoms with van der Waals surface area (Å²) in [5, 5.41) is 2.86. The van der Waals surface area contributed by atoms with Gasteiger partial charge in [0, 0.05) is 40.8 Å². The number of nitrogens with zero attached hydrogens (tertiary/aromatic N) is 4. The van der Waals surface area contributed by atoms with Crippen LogP contribution in [0, 0.1) is 17.8 Å². The van der Waals surface area contributed by atoms with E-state index < -0.39 is 71.5 Å². The molecule has 3 fully saturated rings. The van der Waals surface area contributed by atoms with Crippen molar-refractivity contribution in [3.63, 3.8) is 0 Å². The third kappa shape index (κ3) is 10.6. The number of piperidine rings is 1. The molecule has 336 valence electrons. The van der Waals surface area contributed by atoms with Gasteiger partial charge in [0.2, 0.25) is 23.4 Å². The molecule has 0 aromatic heterocycles. The maximum absolute atomic E-state index is 14.8. The van der Waals surface area contributed by atoms with E-state index in [4.69, 9.17) is 18.9 Å². The van der Waals surface area contributed by atoms with Crippen molar-refractivity contribution in [3.8, 4) is 0 Å². The van der Waals surface area contributed by atoms with Crippen molar-refractivity contribution in [2.24, 2.45) is 17.8 Å². The van der Waals surface area contributed by atoms with E-state index in [1.165, 1.54) is 26.2 Å². The van der Waals surface area contributed by atoms with Gasteiger partial charge in [0.1, 0.15) is 17.7 Å². The highest BCUT2D eigenvalue weighted by Crippen LogP contribution is 2.49. The Bertz CT molecular complexity index is 1670. The Morgan fingerprint density at radius 2 is 1.62 bits per heavy atom. The fourth-order valence-electron chi connectivity index (χ4n) is 9.32. The minimum atomic E-state index is -1.24. The molecule has 0 saturated carbocycles. The van der Waals surface area contributed by atoms with Crippen LogP contribution in [0.2, 0.25) is 0 Å². The minimum absolute atomic E-state index is 0.0382. The second kappa shape index (κ2) is 20.5. The maximum atomic E-state index is 14.8. The maximum Gasteiger partial charge on any atom is 0.412 e. The number of esters is 1. The molecule has 3 heterocycles. The number of nitrogens with one attached hydrogen (secondary N) is 1. The highest BCUT2D eigenvalue weighted by Gasteiger charge is 2.72. The molecule has 0 aliphatic carbocycles. The molecule has 60 heavy (non-hydrogen) atoms. The molecule has 15 nitrogen and oxygen atoms in total. The Balaban J connectivity index is 1.52. The number of methoxy groups -OCH3 is 3. The number of likely N-dealkylation sites (N-methyl/N-ethyl adjacent to an activating group) is 1. The average Bonchev–Trinajstić information content (AvgIpc) is 3.49. The predicted octanol–water partition coefficient (Wildman–Crippen LogP) is 4.79. The summed E-state index contributed by atoms with van der Waals surface area (Å²) in [5.41, 5.74) is -1.14. The first kappa shape index (κ1) is 48.4. The largest absolute Gasteiger partial charge is 0.467 e. The fraction of sp³-hybridized carbons (Fsp3) is 0.733. The van der Waals surface area contributed by atoms with Crippen molar-refractivity contribution in [1.29, 1.82) is 0 Å². The molecule has 3 aliphatic heterocycles. The van der Waals surface area contributed by atoms with Crippen LogP contribution in [0.3, 0.4) is 0 Å². The van der Waals surface area contributed by atoms with Gasteiger partial charge < -0.3 is 34.1 Å². The molecule has 3 aliphatic rings. The van der Waals surface area contributed by atoms with Crippen LogP contribution in [0.4, 0.5) is 4.79 Å². The Hall–Kier alpha value is -4.24. The van der Waals surface area contributed by atoms with Crippen molar-refractivity contribution in [2.45, 2.75) is 154 Å². The van der Waals surface area contributed by atoms with Crippen LogP contribution >= 0.6 is 0 Å². The number of amides is 5. The van der Waals surface area contributed by atoms with Gasteiger partial charge in [-0.3, -0.25) is 29.0 Å². The standard InChI is InChI=1S/C45H71N5O10/c1-13-29(4)37(47(9)40(53)36(28(2)3)50-42(55)45(50)23-17-18-25-49(45)43(56)60-44(6,7)8)34(57-10)27-35(51)48-24-19-22-33(48)38(58-11)30(5)39(52)46-32(41(54)59-12)26-31-20-15-14-16-21-31/h14-16,20-21,28-30,32-34,36-38H,13,17-19,22-27H2,1-12H3,(H,46,52)/t29-,30+,32?,33-,34?,36-,37-,38+,45?,50?/m0/s1. The number of rotatable bonds is 18. The molecule has 0 radical (unpaired) electrons. The van der Waals surface area contributed by atoms with Gasteiger partial charge in [0.15, 0.2) is 0 Å². The summed E-state index contributed by atoms with van der Waals surface area (Å²) in [5.74, 6) is -2.82. The highest BCUT2D eigenvalue weighted by molar-refractivity contribution is 6.07. The molecule has 1 spiro atoms. The van der Waals surface area contributed by atoms with Crippen LogP contribution in [0.25, 0.3) is 0 Å². The number of carbonyl (C=O) groups is 6. The highest BCUT2D eigenvalue weighted by atomic mass is 16.6. The Morgan fingerprint density at radius 3 is 2.18 bits per heavy atom. The van der Waals surface area contributed by atoms with Gasteiger partial charge in [0.05, 0.1) is 43.7 Å². The molecule has 15 heteroatoms. The number of carbonyl (C=O) groups excluding carboxylic acids is 6.